The molecule has 0 unspecified atom stereocenters. The fraction of sp³-hybridized carbons (Fsp3) is 0.333. The molecule has 0 N–H and O–H groups in total. The second-order valence-corrected chi connectivity index (χ2v) is 4.86. The highest BCUT2D eigenvalue weighted by Gasteiger charge is 2.21. The van der Waals surface area contributed by atoms with E-state index in [4.69, 9.17) is 4.74 Å². The van der Waals surface area contributed by atoms with E-state index in [-0.39, 0.29) is 16.7 Å². The van der Waals surface area contributed by atoms with Gasteiger partial charge in [-0.05, 0) is 6.92 Å². The molecular weight excluding hydrogens is 268 g/mol. The summed E-state index contributed by atoms with van der Waals surface area (Å²) in [4.78, 5) is 25.1. The van der Waals surface area contributed by atoms with Crippen molar-refractivity contribution in [2.75, 3.05) is 12.9 Å². The number of carbonyl (C=O) groups excluding carboxylic acids is 1. The van der Waals surface area contributed by atoms with Crippen LogP contribution in [0.25, 0.3) is 6.08 Å². The molecule has 0 aliphatic rings. The van der Waals surface area contributed by atoms with Gasteiger partial charge in [0.1, 0.15) is 0 Å². The van der Waals surface area contributed by atoms with Crippen LogP contribution in [0.15, 0.2) is 12.3 Å². The molecule has 0 atom stereocenters. The van der Waals surface area contributed by atoms with Crippen molar-refractivity contribution < 1.29 is 14.5 Å². The zero-order valence-corrected chi connectivity index (χ0v) is 11.7. The topological polar surface area (TPSA) is 82.3 Å². The average molecular weight is 282 g/mol. The molecule has 0 spiro atoms. The Kier molecular flexibility index (Phi) is 5.50. The SMILES string of the molecule is COc1ncc(C=CCSC(C)=O)c(C)c1[N+](=O)[O-]. The van der Waals surface area contributed by atoms with Gasteiger partial charge in [-0.25, -0.2) is 4.98 Å². The van der Waals surface area contributed by atoms with Gasteiger partial charge in [0, 0.05) is 30.0 Å². The van der Waals surface area contributed by atoms with E-state index in [1.165, 1.54) is 32.0 Å². The predicted octanol–water partition coefficient (Wildman–Crippen LogP) is 2.60. The molecule has 0 aliphatic carbocycles. The number of hydrogen-bond donors (Lipinski definition) is 0. The lowest BCUT2D eigenvalue weighted by Gasteiger charge is -2.05. The number of nitro groups is 1. The number of nitrogens with zero attached hydrogens (tertiary/aromatic N) is 2. The number of thioether (sulfide) groups is 1. The Morgan fingerprint density at radius 2 is 2.32 bits per heavy atom. The summed E-state index contributed by atoms with van der Waals surface area (Å²) < 4.78 is 4.87. The summed E-state index contributed by atoms with van der Waals surface area (Å²) in [6.07, 6.45) is 4.99. The van der Waals surface area contributed by atoms with Crippen LogP contribution in [0.4, 0.5) is 5.69 Å². The van der Waals surface area contributed by atoms with E-state index in [9.17, 15) is 14.9 Å². The summed E-state index contributed by atoms with van der Waals surface area (Å²) in [6, 6.07) is 0. The van der Waals surface area contributed by atoms with E-state index < -0.39 is 4.92 Å². The van der Waals surface area contributed by atoms with Gasteiger partial charge >= 0.3 is 5.69 Å². The number of hydrogen-bond acceptors (Lipinski definition) is 6. The zero-order valence-electron chi connectivity index (χ0n) is 10.9. The molecule has 0 amide bonds. The first-order valence-electron chi connectivity index (χ1n) is 5.45. The lowest BCUT2D eigenvalue weighted by atomic mass is 10.1. The van der Waals surface area contributed by atoms with Gasteiger partial charge < -0.3 is 4.74 Å². The Morgan fingerprint density at radius 3 is 2.84 bits per heavy atom. The van der Waals surface area contributed by atoms with Gasteiger partial charge in [-0.15, -0.1) is 0 Å². The van der Waals surface area contributed by atoms with Gasteiger partial charge in [-0.3, -0.25) is 14.9 Å². The lowest BCUT2D eigenvalue weighted by Crippen LogP contribution is -2.00. The first kappa shape index (κ1) is 15.2. The van der Waals surface area contributed by atoms with Crippen LogP contribution < -0.4 is 4.74 Å². The van der Waals surface area contributed by atoms with E-state index in [1.807, 2.05) is 0 Å². The maximum atomic E-state index is 11.0. The highest BCUT2D eigenvalue weighted by molar-refractivity contribution is 8.13. The minimum atomic E-state index is -0.511. The first-order valence-corrected chi connectivity index (χ1v) is 6.43. The Labute approximate surface area is 115 Å². The average Bonchev–Trinajstić information content (AvgIpc) is 2.34. The third kappa shape index (κ3) is 4.06. The van der Waals surface area contributed by atoms with E-state index in [0.717, 1.165) is 0 Å². The van der Waals surface area contributed by atoms with Crippen molar-refractivity contribution in [3.8, 4) is 5.88 Å². The Morgan fingerprint density at radius 1 is 1.63 bits per heavy atom. The molecular formula is C12H14N2O4S. The van der Waals surface area contributed by atoms with E-state index in [2.05, 4.69) is 4.98 Å². The molecule has 0 saturated carbocycles. The van der Waals surface area contributed by atoms with Crippen molar-refractivity contribution in [1.82, 2.24) is 4.98 Å². The molecule has 1 rings (SSSR count). The fourth-order valence-corrected chi connectivity index (χ4v) is 1.88. The van der Waals surface area contributed by atoms with Crippen molar-refractivity contribution in [3.05, 3.63) is 33.5 Å². The van der Waals surface area contributed by atoms with Crippen molar-refractivity contribution in [1.29, 1.82) is 0 Å². The summed E-state index contributed by atoms with van der Waals surface area (Å²) in [5.41, 5.74) is 0.987. The molecule has 19 heavy (non-hydrogen) atoms. The van der Waals surface area contributed by atoms with Gasteiger partial charge in [0.25, 0.3) is 5.88 Å². The molecule has 1 heterocycles. The molecule has 0 aromatic carbocycles. The lowest BCUT2D eigenvalue weighted by molar-refractivity contribution is -0.386. The quantitative estimate of drug-likeness (QED) is 0.610. The second kappa shape index (κ2) is 6.89. The van der Waals surface area contributed by atoms with Crippen molar-refractivity contribution in [3.63, 3.8) is 0 Å². The third-order valence-corrected chi connectivity index (χ3v) is 3.13. The highest BCUT2D eigenvalue weighted by Crippen LogP contribution is 2.30. The largest absolute Gasteiger partial charge is 0.476 e. The third-order valence-electron chi connectivity index (χ3n) is 2.37. The molecule has 7 heteroatoms. The highest BCUT2D eigenvalue weighted by atomic mass is 32.2. The number of carbonyl (C=O) groups is 1. The van der Waals surface area contributed by atoms with E-state index in [1.54, 1.807) is 19.1 Å². The van der Waals surface area contributed by atoms with Gasteiger partial charge in [0.15, 0.2) is 5.12 Å². The molecule has 0 radical (unpaired) electrons. The van der Waals surface area contributed by atoms with Crippen LogP contribution in [0.2, 0.25) is 0 Å². The van der Waals surface area contributed by atoms with Gasteiger partial charge in [-0.2, -0.15) is 0 Å². The molecule has 0 bridgehead atoms. The minimum Gasteiger partial charge on any atom is -0.476 e. The van der Waals surface area contributed by atoms with Crippen LogP contribution in [-0.4, -0.2) is 27.9 Å². The maximum Gasteiger partial charge on any atom is 0.334 e. The molecule has 1 aromatic heterocycles. The van der Waals surface area contributed by atoms with Crippen LogP contribution >= 0.6 is 11.8 Å². The molecule has 6 nitrogen and oxygen atoms in total. The number of methoxy groups -OCH3 is 1. The summed E-state index contributed by atoms with van der Waals surface area (Å²) in [5.74, 6) is 0.520. The summed E-state index contributed by atoms with van der Waals surface area (Å²) in [5, 5.41) is 11.0. The Hall–Kier alpha value is -1.89. The summed E-state index contributed by atoms with van der Waals surface area (Å²) in [6.45, 7) is 3.13. The van der Waals surface area contributed by atoms with E-state index >= 15 is 0 Å². The van der Waals surface area contributed by atoms with Crippen LogP contribution in [0, 0.1) is 17.0 Å². The standard InChI is InChI=1S/C12H14N2O4S/c1-8-10(5-4-6-19-9(2)15)7-13-12(18-3)11(8)14(16)17/h4-5,7H,6H2,1-3H3. The minimum absolute atomic E-state index is 0.00207. The monoisotopic (exact) mass is 282 g/mol. The molecule has 1 aromatic rings. The normalized spacial score (nSPS) is 10.7. The number of rotatable bonds is 5. The van der Waals surface area contributed by atoms with Crippen LogP contribution in [0.1, 0.15) is 18.1 Å². The predicted molar refractivity (Wildman–Crippen MR) is 74.4 cm³/mol. The molecule has 102 valence electrons. The second-order valence-electron chi connectivity index (χ2n) is 3.66. The smallest absolute Gasteiger partial charge is 0.334 e. The van der Waals surface area contributed by atoms with Crippen LogP contribution in [-0.2, 0) is 4.79 Å². The molecule has 0 saturated heterocycles. The summed E-state index contributed by atoms with van der Waals surface area (Å²) in [7, 11) is 1.34. The molecule has 0 fully saturated rings. The summed E-state index contributed by atoms with van der Waals surface area (Å²) >= 11 is 1.17. The van der Waals surface area contributed by atoms with Gasteiger partial charge in [0.2, 0.25) is 0 Å². The van der Waals surface area contributed by atoms with Crippen LogP contribution in [0.3, 0.4) is 0 Å². The van der Waals surface area contributed by atoms with Crippen LogP contribution in [0.5, 0.6) is 5.88 Å². The van der Waals surface area contributed by atoms with Crippen molar-refractivity contribution in [2.24, 2.45) is 0 Å². The maximum absolute atomic E-state index is 11.0. The Bertz CT molecular complexity index is 529. The van der Waals surface area contributed by atoms with Crippen molar-refractivity contribution >= 4 is 28.6 Å². The number of ether oxygens (including phenoxy) is 1. The van der Waals surface area contributed by atoms with Gasteiger partial charge in [0.05, 0.1) is 12.0 Å². The zero-order chi connectivity index (χ0) is 14.4. The van der Waals surface area contributed by atoms with Crippen molar-refractivity contribution in [2.45, 2.75) is 13.8 Å². The first-order chi connectivity index (χ1) is 8.97. The van der Waals surface area contributed by atoms with Gasteiger partial charge in [-0.1, -0.05) is 23.9 Å². The fourth-order valence-electron chi connectivity index (χ4n) is 1.46. The number of pyridine rings is 1. The van der Waals surface area contributed by atoms with E-state index in [0.29, 0.717) is 16.9 Å². The number of aromatic nitrogens is 1. The molecule has 0 aliphatic heterocycles. The Balaban J connectivity index is 3.00.